The third-order valence-corrected chi connectivity index (χ3v) is 10.0. The summed E-state index contributed by atoms with van der Waals surface area (Å²) in [5, 5.41) is 1.95. The number of amides is 1. The van der Waals surface area contributed by atoms with E-state index >= 15 is 0 Å². The van der Waals surface area contributed by atoms with Crippen LogP contribution in [0.2, 0.25) is 5.02 Å². The van der Waals surface area contributed by atoms with E-state index < -0.39 is 49.3 Å². The van der Waals surface area contributed by atoms with Gasteiger partial charge in [-0.2, -0.15) is 13.2 Å². The Hall–Kier alpha value is -3.59. The largest absolute Gasteiger partial charge is 0.417 e. The molecule has 0 bridgehead atoms. The van der Waals surface area contributed by atoms with E-state index in [0.29, 0.717) is 10.5 Å². The monoisotopic (exact) mass is 715 g/mol. The lowest BCUT2D eigenvalue weighted by atomic mass is 10.2. The van der Waals surface area contributed by atoms with Gasteiger partial charge in [0.15, 0.2) is 0 Å². The highest BCUT2D eigenvalue weighted by molar-refractivity contribution is 9.10. The number of hydrogen-bond donors (Lipinski definition) is 2. The predicted octanol–water partition coefficient (Wildman–Crippen LogP) is 7.06. The van der Waals surface area contributed by atoms with E-state index in [1.54, 1.807) is 24.3 Å². The third kappa shape index (κ3) is 7.88. The summed E-state index contributed by atoms with van der Waals surface area (Å²) < 4.78 is 95.8. The molecule has 0 aliphatic carbocycles. The molecular formula is C28H22BrClF3N3O5S2. The maximum Gasteiger partial charge on any atom is 0.417 e. The van der Waals surface area contributed by atoms with Gasteiger partial charge in [0.2, 0.25) is 5.91 Å². The molecule has 0 saturated carbocycles. The third-order valence-electron chi connectivity index (χ3n) is 5.98. The molecule has 2 N–H and O–H groups in total. The Morgan fingerprint density at radius 1 is 0.837 bits per heavy atom. The second-order valence-electron chi connectivity index (χ2n) is 9.17. The minimum atomic E-state index is -4.79. The molecule has 0 aliphatic heterocycles. The van der Waals surface area contributed by atoms with Gasteiger partial charge in [0.1, 0.15) is 6.54 Å². The molecule has 1 amide bonds. The first-order chi connectivity index (χ1) is 20.1. The predicted molar refractivity (Wildman–Crippen MR) is 162 cm³/mol. The van der Waals surface area contributed by atoms with Crippen LogP contribution < -0.4 is 14.3 Å². The van der Waals surface area contributed by atoms with Crippen LogP contribution in [-0.4, -0.2) is 29.3 Å². The lowest BCUT2D eigenvalue weighted by molar-refractivity contribution is -0.137. The molecule has 43 heavy (non-hydrogen) atoms. The highest BCUT2D eigenvalue weighted by Gasteiger charge is 2.34. The second-order valence-corrected chi connectivity index (χ2v) is 14.0. The SMILES string of the molecule is Cc1ccc(S(=O)(=O)N(CC(=O)Nc2ccc(S(=O)(=O)Nc3ccc(Cl)c(C(F)(F)F)c3)cc2)c2ccc(Br)cc2)cc1. The van der Waals surface area contributed by atoms with Gasteiger partial charge >= 0.3 is 6.18 Å². The van der Waals surface area contributed by atoms with Crippen LogP contribution >= 0.6 is 27.5 Å². The smallest absolute Gasteiger partial charge is 0.325 e. The van der Waals surface area contributed by atoms with Crippen molar-refractivity contribution in [2.45, 2.75) is 22.9 Å². The Morgan fingerprint density at radius 2 is 1.40 bits per heavy atom. The topological polar surface area (TPSA) is 113 Å². The van der Waals surface area contributed by atoms with Crippen molar-refractivity contribution in [3.05, 3.63) is 112 Å². The lowest BCUT2D eigenvalue weighted by Gasteiger charge is -2.24. The minimum Gasteiger partial charge on any atom is -0.325 e. The number of carbonyl (C=O) groups excluding carboxylic acids is 1. The van der Waals surface area contributed by atoms with Crippen LogP contribution in [0, 0.1) is 6.92 Å². The van der Waals surface area contributed by atoms with Crippen molar-refractivity contribution in [1.82, 2.24) is 0 Å². The number of alkyl halides is 3. The van der Waals surface area contributed by atoms with Gasteiger partial charge < -0.3 is 5.32 Å². The maximum absolute atomic E-state index is 13.5. The molecule has 226 valence electrons. The van der Waals surface area contributed by atoms with Gasteiger partial charge in [-0.25, -0.2) is 16.8 Å². The Morgan fingerprint density at radius 3 is 1.98 bits per heavy atom. The molecule has 4 aromatic carbocycles. The fraction of sp³-hybridized carbons (Fsp3) is 0.107. The highest BCUT2D eigenvalue weighted by Crippen LogP contribution is 2.36. The fourth-order valence-electron chi connectivity index (χ4n) is 3.83. The van der Waals surface area contributed by atoms with E-state index in [2.05, 4.69) is 26.0 Å². The molecular weight excluding hydrogens is 695 g/mol. The van der Waals surface area contributed by atoms with E-state index in [1.165, 1.54) is 36.4 Å². The van der Waals surface area contributed by atoms with E-state index in [0.717, 1.165) is 34.1 Å². The van der Waals surface area contributed by atoms with Crippen molar-refractivity contribution in [2.75, 3.05) is 20.9 Å². The first-order valence-electron chi connectivity index (χ1n) is 12.2. The van der Waals surface area contributed by atoms with Gasteiger partial charge in [0.25, 0.3) is 20.0 Å². The van der Waals surface area contributed by atoms with Crippen molar-refractivity contribution in [2.24, 2.45) is 0 Å². The fourth-order valence-corrected chi connectivity index (χ4v) is 6.79. The molecule has 0 atom stereocenters. The molecule has 4 rings (SSSR count). The van der Waals surface area contributed by atoms with Gasteiger partial charge in [-0.05, 0) is 85.8 Å². The van der Waals surface area contributed by atoms with E-state index in [9.17, 15) is 34.8 Å². The highest BCUT2D eigenvalue weighted by atomic mass is 79.9. The first-order valence-corrected chi connectivity index (χ1v) is 16.3. The molecule has 0 unspecified atom stereocenters. The standard InChI is InChI=1S/C28H22BrClF3N3O5S2/c1-18-2-11-24(12-3-18)43(40,41)36(22-9-4-19(29)5-10-22)17-27(37)34-20-6-13-23(14-7-20)42(38,39)35-21-8-15-26(30)25(16-21)28(31,32)33/h2-16,35H,17H2,1H3,(H,34,37). The number of anilines is 3. The van der Waals surface area contributed by atoms with Crippen LogP contribution in [0.25, 0.3) is 0 Å². The molecule has 8 nitrogen and oxygen atoms in total. The average Bonchev–Trinajstić information content (AvgIpc) is 2.93. The van der Waals surface area contributed by atoms with Crippen molar-refractivity contribution in [1.29, 1.82) is 0 Å². The number of benzene rings is 4. The molecule has 0 fully saturated rings. The summed E-state index contributed by atoms with van der Waals surface area (Å²) >= 11 is 8.89. The number of aryl methyl sites for hydroxylation is 1. The van der Waals surface area contributed by atoms with Crippen LogP contribution in [0.1, 0.15) is 11.1 Å². The summed E-state index contributed by atoms with van der Waals surface area (Å²) in [4.78, 5) is 12.7. The van der Waals surface area contributed by atoms with Crippen LogP contribution in [0.5, 0.6) is 0 Å². The van der Waals surface area contributed by atoms with Gasteiger partial charge in [-0.3, -0.25) is 13.8 Å². The Kier molecular flexibility index (Phi) is 9.45. The molecule has 0 saturated heterocycles. The minimum absolute atomic E-state index is 0.0149. The normalized spacial score (nSPS) is 12.0. The Balaban J connectivity index is 1.52. The molecule has 0 radical (unpaired) electrons. The lowest BCUT2D eigenvalue weighted by Crippen LogP contribution is -2.38. The summed E-state index contributed by atoms with van der Waals surface area (Å²) in [5.74, 6) is -0.715. The number of carbonyl (C=O) groups is 1. The summed E-state index contributed by atoms with van der Waals surface area (Å²) in [6.45, 7) is 1.21. The van der Waals surface area contributed by atoms with Crippen molar-refractivity contribution >= 4 is 70.5 Å². The number of rotatable bonds is 9. The zero-order valence-electron chi connectivity index (χ0n) is 22.1. The molecule has 15 heteroatoms. The van der Waals surface area contributed by atoms with Gasteiger partial charge in [-0.15, -0.1) is 0 Å². The van der Waals surface area contributed by atoms with E-state index in [-0.39, 0.29) is 26.9 Å². The van der Waals surface area contributed by atoms with Crippen LogP contribution in [0.15, 0.2) is 105 Å². The zero-order chi connectivity index (χ0) is 31.6. The second kappa shape index (κ2) is 12.6. The zero-order valence-corrected chi connectivity index (χ0v) is 26.0. The van der Waals surface area contributed by atoms with E-state index in [1.807, 2.05) is 6.92 Å². The van der Waals surface area contributed by atoms with Crippen molar-refractivity contribution < 1.29 is 34.8 Å². The average molecular weight is 717 g/mol. The molecule has 0 aromatic heterocycles. The first kappa shape index (κ1) is 32.3. The van der Waals surface area contributed by atoms with Gasteiger partial charge in [-0.1, -0.05) is 45.2 Å². The van der Waals surface area contributed by atoms with Crippen LogP contribution in [-0.2, 0) is 31.0 Å². The quantitative estimate of drug-likeness (QED) is 0.193. The molecule has 0 spiro atoms. The van der Waals surface area contributed by atoms with Gasteiger partial charge in [0, 0.05) is 15.8 Å². The molecule has 0 aliphatic rings. The maximum atomic E-state index is 13.5. The summed E-state index contributed by atoms with van der Waals surface area (Å²) in [6, 6.07) is 19.9. The Labute approximate surface area is 259 Å². The molecule has 0 heterocycles. The van der Waals surface area contributed by atoms with Gasteiger partial charge in [0.05, 0.1) is 26.1 Å². The Bertz CT molecular complexity index is 1850. The summed E-state index contributed by atoms with van der Waals surface area (Å²) in [6.07, 6.45) is -4.79. The summed E-state index contributed by atoms with van der Waals surface area (Å²) in [7, 11) is -8.46. The van der Waals surface area contributed by atoms with Crippen molar-refractivity contribution in [3.8, 4) is 0 Å². The molecule has 4 aromatic rings. The number of nitrogens with zero attached hydrogens (tertiary/aromatic N) is 1. The number of hydrogen-bond acceptors (Lipinski definition) is 5. The number of halogens is 5. The van der Waals surface area contributed by atoms with Crippen LogP contribution in [0.3, 0.4) is 0 Å². The number of nitrogens with one attached hydrogen (secondary N) is 2. The number of sulfonamides is 2. The van der Waals surface area contributed by atoms with E-state index in [4.69, 9.17) is 11.6 Å². The van der Waals surface area contributed by atoms with Crippen LogP contribution in [0.4, 0.5) is 30.2 Å². The van der Waals surface area contributed by atoms with Crippen molar-refractivity contribution in [3.63, 3.8) is 0 Å². The summed E-state index contributed by atoms with van der Waals surface area (Å²) in [5.41, 5.74) is -0.307.